The summed E-state index contributed by atoms with van der Waals surface area (Å²) in [5, 5.41) is 0. The van der Waals surface area contributed by atoms with Gasteiger partial charge in [-0.1, -0.05) is 6.07 Å². The minimum absolute atomic E-state index is 0.187. The third-order valence-corrected chi connectivity index (χ3v) is 2.92. The molecule has 0 aliphatic heterocycles. The molecule has 0 aliphatic rings. The van der Waals surface area contributed by atoms with Crippen molar-refractivity contribution in [3.05, 3.63) is 57.3 Å². The summed E-state index contributed by atoms with van der Waals surface area (Å²) in [7, 11) is 1.47. The molecular weight excluding hydrogens is 247 g/mol. The van der Waals surface area contributed by atoms with Crippen LogP contribution in [0.5, 0.6) is 6.01 Å². The Bertz CT molecular complexity index is 665. The Balaban J connectivity index is 2.46. The van der Waals surface area contributed by atoms with Gasteiger partial charge in [0.2, 0.25) is 0 Å². The highest BCUT2D eigenvalue weighted by atomic mass is 19.1. The minimum Gasteiger partial charge on any atom is -0.468 e. The molecule has 1 aromatic heterocycles. The molecule has 0 amide bonds. The minimum atomic E-state index is -0.289. The van der Waals surface area contributed by atoms with E-state index in [1.165, 1.54) is 29.9 Å². The van der Waals surface area contributed by atoms with Crippen molar-refractivity contribution in [2.75, 3.05) is 7.11 Å². The number of hydrogen-bond donors (Lipinski definition) is 0. The van der Waals surface area contributed by atoms with Crippen LogP contribution in [0, 0.1) is 19.7 Å². The summed E-state index contributed by atoms with van der Waals surface area (Å²) in [4.78, 5) is 16.1. The van der Waals surface area contributed by atoms with Crippen LogP contribution >= 0.6 is 0 Å². The second-order valence-corrected chi connectivity index (χ2v) is 4.38. The van der Waals surface area contributed by atoms with E-state index in [-0.39, 0.29) is 17.4 Å². The highest BCUT2D eigenvalue weighted by Gasteiger charge is 2.09. The van der Waals surface area contributed by atoms with Crippen LogP contribution < -0.4 is 10.3 Å². The number of aromatic nitrogens is 2. The molecular formula is C14H15FN2O2. The van der Waals surface area contributed by atoms with Crippen LogP contribution in [0.1, 0.15) is 16.8 Å². The molecule has 0 unspecified atom stereocenters. The molecule has 19 heavy (non-hydrogen) atoms. The summed E-state index contributed by atoms with van der Waals surface area (Å²) >= 11 is 0. The number of hydrogen-bond acceptors (Lipinski definition) is 3. The van der Waals surface area contributed by atoms with Gasteiger partial charge in [-0.15, -0.1) is 0 Å². The molecule has 0 radical (unpaired) electrons. The van der Waals surface area contributed by atoms with E-state index in [4.69, 9.17) is 4.74 Å². The SMILES string of the molecule is COc1nc(C)cc(=O)n1Cc1ccc(F)cc1C. The Morgan fingerprint density at radius 1 is 1.32 bits per heavy atom. The molecule has 2 aromatic rings. The van der Waals surface area contributed by atoms with Crippen LogP contribution in [0.15, 0.2) is 29.1 Å². The number of halogens is 1. The Morgan fingerprint density at radius 2 is 2.05 bits per heavy atom. The summed E-state index contributed by atoms with van der Waals surface area (Å²) in [5.41, 5.74) is 2.06. The smallest absolute Gasteiger partial charge is 0.299 e. The van der Waals surface area contributed by atoms with Crippen molar-refractivity contribution in [2.45, 2.75) is 20.4 Å². The lowest BCUT2D eigenvalue weighted by atomic mass is 10.1. The van der Waals surface area contributed by atoms with Gasteiger partial charge in [0.1, 0.15) is 5.82 Å². The molecule has 4 nitrogen and oxygen atoms in total. The van der Waals surface area contributed by atoms with Crippen molar-refractivity contribution in [2.24, 2.45) is 0 Å². The highest BCUT2D eigenvalue weighted by Crippen LogP contribution is 2.14. The van der Waals surface area contributed by atoms with Crippen LogP contribution in [-0.4, -0.2) is 16.7 Å². The Hall–Kier alpha value is -2.17. The topological polar surface area (TPSA) is 44.1 Å². The summed E-state index contributed by atoms with van der Waals surface area (Å²) < 4.78 is 19.6. The van der Waals surface area contributed by atoms with Gasteiger partial charge >= 0.3 is 0 Å². The third-order valence-electron chi connectivity index (χ3n) is 2.92. The van der Waals surface area contributed by atoms with E-state index in [0.29, 0.717) is 12.2 Å². The number of rotatable bonds is 3. The molecule has 0 atom stereocenters. The van der Waals surface area contributed by atoms with Crippen LogP contribution in [0.4, 0.5) is 4.39 Å². The molecule has 0 saturated carbocycles. The number of nitrogens with zero attached hydrogens (tertiary/aromatic N) is 2. The zero-order chi connectivity index (χ0) is 14.0. The van der Waals surface area contributed by atoms with Crippen molar-refractivity contribution in [3.8, 4) is 6.01 Å². The van der Waals surface area contributed by atoms with E-state index in [0.717, 1.165) is 11.1 Å². The van der Waals surface area contributed by atoms with Gasteiger partial charge in [-0.25, -0.2) is 9.37 Å². The first kappa shape index (κ1) is 13.3. The maximum absolute atomic E-state index is 13.1. The van der Waals surface area contributed by atoms with Crippen molar-refractivity contribution in [1.82, 2.24) is 9.55 Å². The van der Waals surface area contributed by atoms with Crippen molar-refractivity contribution >= 4 is 0 Å². The second kappa shape index (κ2) is 5.22. The number of benzene rings is 1. The average Bonchev–Trinajstić information content (AvgIpc) is 2.34. The van der Waals surface area contributed by atoms with Gasteiger partial charge in [0.15, 0.2) is 0 Å². The van der Waals surface area contributed by atoms with E-state index < -0.39 is 0 Å². The van der Waals surface area contributed by atoms with Crippen LogP contribution in [0.3, 0.4) is 0 Å². The fraction of sp³-hybridized carbons (Fsp3) is 0.286. The summed E-state index contributed by atoms with van der Waals surface area (Å²) in [5.74, 6) is -0.289. The number of ether oxygens (including phenoxy) is 1. The summed E-state index contributed by atoms with van der Waals surface area (Å²) in [6.45, 7) is 3.84. The van der Waals surface area contributed by atoms with Gasteiger partial charge in [-0.3, -0.25) is 9.36 Å². The molecule has 0 N–H and O–H groups in total. The molecule has 0 fully saturated rings. The van der Waals surface area contributed by atoms with Gasteiger partial charge in [-0.2, -0.15) is 0 Å². The van der Waals surface area contributed by atoms with Crippen molar-refractivity contribution in [1.29, 1.82) is 0 Å². The highest BCUT2D eigenvalue weighted by molar-refractivity contribution is 5.27. The van der Waals surface area contributed by atoms with Gasteiger partial charge < -0.3 is 4.74 Å². The number of methoxy groups -OCH3 is 1. The van der Waals surface area contributed by atoms with E-state index in [9.17, 15) is 9.18 Å². The van der Waals surface area contributed by atoms with Gasteiger partial charge in [0.05, 0.1) is 13.7 Å². The van der Waals surface area contributed by atoms with Gasteiger partial charge in [-0.05, 0) is 37.1 Å². The zero-order valence-electron chi connectivity index (χ0n) is 11.1. The Labute approximate surface area is 110 Å². The first-order valence-corrected chi connectivity index (χ1v) is 5.89. The molecule has 2 rings (SSSR count). The lowest BCUT2D eigenvalue weighted by Crippen LogP contribution is -2.23. The molecule has 0 bridgehead atoms. The predicted octanol–water partition coefficient (Wildman–Crippen LogP) is 2.06. The molecule has 0 spiro atoms. The van der Waals surface area contributed by atoms with Crippen molar-refractivity contribution < 1.29 is 9.13 Å². The normalized spacial score (nSPS) is 10.5. The monoisotopic (exact) mass is 262 g/mol. The summed E-state index contributed by atoms with van der Waals surface area (Å²) in [6, 6.07) is 6.18. The molecule has 0 aliphatic carbocycles. The maximum Gasteiger partial charge on any atom is 0.299 e. The van der Waals surface area contributed by atoms with Crippen molar-refractivity contribution in [3.63, 3.8) is 0 Å². The zero-order valence-corrected chi connectivity index (χ0v) is 11.1. The Kier molecular flexibility index (Phi) is 3.64. The van der Waals surface area contributed by atoms with Crippen LogP contribution in [0.25, 0.3) is 0 Å². The first-order chi connectivity index (χ1) is 9.01. The Morgan fingerprint density at radius 3 is 2.68 bits per heavy atom. The van der Waals surface area contributed by atoms with E-state index in [1.807, 2.05) is 0 Å². The fourth-order valence-electron chi connectivity index (χ4n) is 1.90. The molecule has 1 aromatic carbocycles. The summed E-state index contributed by atoms with van der Waals surface area (Å²) in [6.07, 6.45) is 0. The lowest BCUT2D eigenvalue weighted by Gasteiger charge is -2.12. The fourth-order valence-corrected chi connectivity index (χ4v) is 1.90. The molecule has 0 saturated heterocycles. The lowest BCUT2D eigenvalue weighted by molar-refractivity contribution is 0.349. The molecule has 100 valence electrons. The molecule has 5 heteroatoms. The standard InChI is InChI=1S/C14H15FN2O2/c1-9-6-12(15)5-4-11(9)8-17-13(18)7-10(2)16-14(17)19-3/h4-7H,8H2,1-3H3. The second-order valence-electron chi connectivity index (χ2n) is 4.38. The van der Waals surface area contributed by atoms with Gasteiger partial charge in [0.25, 0.3) is 11.6 Å². The largest absolute Gasteiger partial charge is 0.468 e. The maximum atomic E-state index is 13.1. The van der Waals surface area contributed by atoms with Crippen LogP contribution in [-0.2, 0) is 6.54 Å². The van der Waals surface area contributed by atoms with E-state index in [2.05, 4.69) is 4.98 Å². The first-order valence-electron chi connectivity index (χ1n) is 5.89. The average molecular weight is 262 g/mol. The van der Waals surface area contributed by atoms with Crippen LogP contribution in [0.2, 0.25) is 0 Å². The molecule has 1 heterocycles. The quantitative estimate of drug-likeness (QED) is 0.850. The van der Waals surface area contributed by atoms with E-state index >= 15 is 0 Å². The third kappa shape index (κ3) is 2.81. The van der Waals surface area contributed by atoms with Gasteiger partial charge in [0, 0.05) is 11.8 Å². The predicted molar refractivity (Wildman–Crippen MR) is 70.0 cm³/mol. The van der Waals surface area contributed by atoms with E-state index in [1.54, 1.807) is 19.9 Å². The number of aryl methyl sites for hydroxylation is 2.